The van der Waals surface area contributed by atoms with Gasteiger partial charge in [-0.25, -0.2) is 0 Å². The Labute approximate surface area is 119 Å². The summed E-state index contributed by atoms with van der Waals surface area (Å²) in [5, 5.41) is 6.71. The number of likely N-dealkylation sites (tertiary alicyclic amines) is 1. The van der Waals surface area contributed by atoms with Crippen LogP contribution >= 0.6 is 11.6 Å². The molecule has 1 aliphatic heterocycles. The third kappa shape index (κ3) is 4.49. The molecule has 0 radical (unpaired) electrons. The van der Waals surface area contributed by atoms with Crippen molar-refractivity contribution in [1.29, 1.82) is 0 Å². The molecule has 1 atom stereocenters. The van der Waals surface area contributed by atoms with Gasteiger partial charge < -0.3 is 15.5 Å². The second-order valence-electron chi connectivity index (χ2n) is 4.96. The molecule has 0 aromatic heterocycles. The van der Waals surface area contributed by atoms with Crippen molar-refractivity contribution in [3.63, 3.8) is 0 Å². The van der Waals surface area contributed by atoms with Gasteiger partial charge in [0.2, 0.25) is 5.91 Å². The Hall–Kier alpha value is -1.10. The zero-order chi connectivity index (χ0) is 13.7. The molecule has 1 fully saturated rings. The minimum atomic E-state index is -0.0250. The zero-order valence-corrected chi connectivity index (χ0v) is 11.9. The maximum absolute atomic E-state index is 11.7. The second kappa shape index (κ2) is 6.89. The van der Waals surface area contributed by atoms with E-state index >= 15 is 0 Å². The fourth-order valence-corrected chi connectivity index (χ4v) is 2.45. The quantitative estimate of drug-likeness (QED) is 0.867. The lowest BCUT2D eigenvalue weighted by molar-refractivity contribution is -0.115. The first-order valence-corrected chi connectivity index (χ1v) is 6.99. The summed E-state index contributed by atoms with van der Waals surface area (Å²) in [7, 11) is 2.13. The van der Waals surface area contributed by atoms with Crippen molar-refractivity contribution in [1.82, 2.24) is 10.2 Å². The van der Waals surface area contributed by atoms with Crippen LogP contribution < -0.4 is 10.6 Å². The highest BCUT2D eigenvalue weighted by Crippen LogP contribution is 2.14. The van der Waals surface area contributed by atoms with Gasteiger partial charge in [0, 0.05) is 23.3 Å². The van der Waals surface area contributed by atoms with Crippen molar-refractivity contribution < 1.29 is 4.79 Å². The van der Waals surface area contributed by atoms with Crippen LogP contribution in [0.1, 0.15) is 12.8 Å². The van der Waals surface area contributed by atoms with Crippen molar-refractivity contribution in [3.05, 3.63) is 29.3 Å². The van der Waals surface area contributed by atoms with Gasteiger partial charge >= 0.3 is 0 Å². The number of likely N-dealkylation sites (N-methyl/N-ethyl adjacent to an activating group) is 1. The Morgan fingerprint density at radius 1 is 1.42 bits per heavy atom. The number of rotatable bonds is 5. The predicted octanol–water partition coefficient (Wildman–Crippen LogP) is 1.96. The van der Waals surface area contributed by atoms with Crippen LogP contribution in [0.25, 0.3) is 0 Å². The molecule has 104 valence electrons. The summed E-state index contributed by atoms with van der Waals surface area (Å²) in [5.41, 5.74) is 0.772. The van der Waals surface area contributed by atoms with E-state index in [0.717, 1.165) is 18.8 Å². The topological polar surface area (TPSA) is 44.4 Å². The third-order valence-corrected chi connectivity index (χ3v) is 3.72. The summed E-state index contributed by atoms with van der Waals surface area (Å²) >= 11 is 5.79. The molecule has 1 aliphatic rings. The van der Waals surface area contributed by atoms with E-state index in [1.165, 1.54) is 12.8 Å². The van der Waals surface area contributed by atoms with Gasteiger partial charge in [0.25, 0.3) is 0 Å². The van der Waals surface area contributed by atoms with Crippen LogP contribution in [0.2, 0.25) is 5.02 Å². The second-order valence-corrected chi connectivity index (χ2v) is 5.40. The highest BCUT2D eigenvalue weighted by molar-refractivity contribution is 6.30. The molecule has 1 aromatic carbocycles. The molecule has 1 unspecified atom stereocenters. The number of nitrogens with zero attached hydrogens (tertiary/aromatic N) is 1. The lowest BCUT2D eigenvalue weighted by Crippen LogP contribution is -2.38. The van der Waals surface area contributed by atoms with Crippen LogP contribution in [0, 0.1) is 0 Å². The monoisotopic (exact) mass is 281 g/mol. The number of halogens is 1. The van der Waals surface area contributed by atoms with E-state index in [1.54, 1.807) is 24.3 Å². The third-order valence-electron chi connectivity index (χ3n) is 3.47. The van der Waals surface area contributed by atoms with E-state index in [9.17, 15) is 4.79 Å². The zero-order valence-electron chi connectivity index (χ0n) is 11.2. The molecule has 5 heteroatoms. The lowest BCUT2D eigenvalue weighted by Gasteiger charge is -2.19. The summed E-state index contributed by atoms with van der Waals surface area (Å²) in [6, 6.07) is 7.68. The van der Waals surface area contributed by atoms with Gasteiger partial charge in [-0.1, -0.05) is 11.6 Å². The van der Waals surface area contributed by atoms with E-state index in [4.69, 9.17) is 11.6 Å². The number of carbonyl (C=O) groups excluding carboxylic acids is 1. The van der Waals surface area contributed by atoms with Crippen LogP contribution in [-0.4, -0.2) is 43.5 Å². The summed E-state index contributed by atoms with van der Waals surface area (Å²) in [5.74, 6) is -0.0250. The molecule has 0 spiro atoms. The lowest BCUT2D eigenvalue weighted by atomic mass is 10.2. The minimum Gasteiger partial charge on any atom is -0.325 e. The molecule has 0 aliphatic carbocycles. The van der Waals surface area contributed by atoms with Gasteiger partial charge in [-0.2, -0.15) is 0 Å². The Kier molecular flexibility index (Phi) is 5.19. The van der Waals surface area contributed by atoms with E-state index < -0.39 is 0 Å². The van der Waals surface area contributed by atoms with E-state index in [0.29, 0.717) is 17.6 Å². The number of hydrogen-bond donors (Lipinski definition) is 2. The van der Waals surface area contributed by atoms with Gasteiger partial charge in [0.15, 0.2) is 0 Å². The fraction of sp³-hybridized carbons (Fsp3) is 0.500. The Bertz CT molecular complexity index is 421. The molecule has 1 saturated heterocycles. The van der Waals surface area contributed by atoms with Crippen molar-refractivity contribution in [2.75, 3.05) is 32.0 Å². The number of hydrogen-bond acceptors (Lipinski definition) is 3. The van der Waals surface area contributed by atoms with Crippen molar-refractivity contribution in [3.8, 4) is 0 Å². The molecule has 2 rings (SSSR count). The molecule has 1 aromatic rings. The molecule has 2 N–H and O–H groups in total. The highest BCUT2D eigenvalue weighted by Gasteiger charge is 2.20. The summed E-state index contributed by atoms with van der Waals surface area (Å²) in [4.78, 5) is 14.1. The average Bonchev–Trinajstić information content (AvgIpc) is 2.78. The standard InChI is InChI=1S/C14H20ClN3O/c1-18-8-2-3-13(18)9-16-10-14(19)17-12-6-4-11(15)5-7-12/h4-7,13,16H,2-3,8-10H2,1H3,(H,17,19). The Balaban J connectivity index is 1.68. The summed E-state index contributed by atoms with van der Waals surface area (Å²) < 4.78 is 0. The first-order chi connectivity index (χ1) is 9.15. The van der Waals surface area contributed by atoms with Gasteiger partial charge in [-0.05, 0) is 50.7 Å². The van der Waals surface area contributed by atoms with Crippen molar-refractivity contribution in [2.24, 2.45) is 0 Å². The van der Waals surface area contributed by atoms with Crippen LogP contribution in [-0.2, 0) is 4.79 Å². The van der Waals surface area contributed by atoms with E-state index in [2.05, 4.69) is 22.6 Å². The number of nitrogens with one attached hydrogen (secondary N) is 2. The van der Waals surface area contributed by atoms with E-state index in [-0.39, 0.29) is 5.91 Å². The maximum atomic E-state index is 11.7. The first-order valence-electron chi connectivity index (χ1n) is 6.61. The normalized spacial score (nSPS) is 19.6. The molecular formula is C14H20ClN3O. The molecular weight excluding hydrogens is 262 g/mol. The first kappa shape index (κ1) is 14.3. The van der Waals surface area contributed by atoms with Crippen molar-refractivity contribution in [2.45, 2.75) is 18.9 Å². The molecule has 1 amide bonds. The molecule has 4 nitrogen and oxygen atoms in total. The van der Waals surface area contributed by atoms with Gasteiger partial charge in [-0.3, -0.25) is 4.79 Å². The predicted molar refractivity (Wildman–Crippen MR) is 78.6 cm³/mol. The van der Waals surface area contributed by atoms with Crippen LogP contribution in [0.15, 0.2) is 24.3 Å². The summed E-state index contributed by atoms with van der Waals surface area (Å²) in [6.07, 6.45) is 2.46. The number of benzene rings is 1. The summed E-state index contributed by atoms with van der Waals surface area (Å²) in [6.45, 7) is 2.36. The highest BCUT2D eigenvalue weighted by atomic mass is 35.5. The largest absolute Gasteiger partial charge is 0.325 e. The number of amides is 1. The Morgan fingerprint density at radius 3 is 2.79 bits per heavy atom. The maximum Gasteiger partial charge on any atom is 0.238 e. The molecule has 0 bridgehead atoms. The van der Waals surface area contributed by atoms with Gasteiger partial charge in [0.05, 0.1) is 6.54 Å². The van der Waals surface area contributed by atoms with Gasteiger partial charge in [-0.15, -0.1) is 0 Å². The average molecular weight is 282 g/mol. The van der Waals surface area contributed by atoms with Crippen molar-refractivity contribution >= 4 is 23.2 Å². The smallest absolute Gasteiger partial charge is 0.238 e. The van der Waals surface area contributed by atoms with Crippen LogP contribution in [0.4, 0.5) is 5.69 Å². The number of carbonyl (C=O) groups is 1. The number of anilines is 1. The molecule has 19 heavy (non-hydrogen) atoms. The molecule has 1 heterocycles. The Morgan fingerprint density at radius 2 is 2.16 bits per heavy atom. The fourth-order valence-electron chi connectivity index (χ4n) is 2.33. The molecule has 0 saturated carbocycles. The van der Waals surface area contributed by atoms with E-state index in [1.807, 2.05) is 0 Å². The van der Waals surface area contributed by atoms with Crippen LogP contribution in [0.5, 0.6) is 0 Å². The minimum absolute atomic E-state index is 0.0250. The SMILES string of the molecule is CN1CCCC1CNCC(=O)Nc1ccc(Cl)cc1. The van der Waals surface area contributed by atoms with Crippen LogP contribution in [0.3, 0.4) is 0 Å². The van der Waals surface area contributed by atoms with Gasteiger partial charge in [0.1, 0.15) is 0 Å².